The Morgan fingerprint density at radius 2 is 1.83 bits per heavy atom. The van der Waals surface area contributed by atoms with Gasteiger partial charge in [0.1, 0.15) is 5.56 Å². The molecule has 1 aliphatic carbocycles. The molecule has 5 heteroatoms. The quantitative estimate of drug-likeness (QED) is 0.892. The molecule has 1 aromatic heterocycles. The molecule has 0 bridgehead atoms. The second-order valence-electron chi connectivity index (χ2n) is 5.89. The molecule has 23 heavy (non-hydrogen) atoms. The lowest BCUT2D eigenvalue weighted by atomic mass is 10.2. The third-order valence-corrected chi connectivity index (χ3v) is 5.37. The van der Waals surface area contributed by atoms with Crippen LogP contribution >= 0.6 is 11.8 Å². The van der Waals surface area contributed by atoms with Gasteiger partial charge in [-0.1, -0.05) is 12.8 Å². The minimum Gasteiger partial charge on any atom is -0.326 e. The fraction of sp³-hybridized carbons (Fsp3) is 0.333. The van der Waals surface area contributed by atoms with Gasteiger partial charge in [-0.15, -0.1) is 11.8 Å². The van der Waals surface area contributed by atoms with Crippen LogP contribution in [0, 0.1) is 6.92 Å². The zero-order valence-corrected chi connectivity index (χ0v) is 13.9. The molecule has 1 amide bonds. The Balaban J connectivity index is 1.65. The molecule has 0 spiro atoms. The predicted molar refractivity (Wildman–Crippen MR) is 94.3 cm³/mol. The molecule has 1 heterocycles. The summed E-state index contributed by atoms with van der Waals surface area (Å²) in [5.74, 6) is -0.387. The second kappa shape index (κ2) is 7.04. The van der Waals surface area contributed by atoms with Gasteiger partial charge in [0.05, 0.1) is 0 Å². The van der Waals surface area contributed by atoms with Gasteiger partial charge in [0.2, 0.25) is 0 Å². The molecule has 1 fully saturated rings. The average molecular weight is 328 g/mol. The molecule has 1 aliphatic rings. The fourth-order valence-corrected chi connectivity index (χ4v) is 4.01. The number of rotatable bonds is 4. The number of pyridine rings is 1. The van der Waals surface area contributed by atoms with Crippen LogP contribution in [0.1, 0.15) is 41.7 Å². The number of nitrogens with one attached hydrogen (secondary N) is 2. The molecular formula is C18H20N2O2S. The molecule has 4 nitrogen and oxygen atoms in total. The topological polar surface area (TPSA) is 62.0 Å². The molecule has 1 saturated carbocycles. The van der Waals surface area contributed by atoms with Crippen LogP contribution in [0.4, 0.5) is 5.69 Å². The summed E-state index contributed by atoms with van der Waals surface area (Å²) in [6.45, 7) is 1.78. The van der Waals surface area contributed by atoms with Gasteiger partial charge >= 0.3 is 0 Å². The summed E-state index contributed by atoms with van der Waals surface area (Å²) < 4.78 is 0. The first kappa shape index (κ1) is 15.9. The van der Waals surface area contributed by atoms with E-state index in [2.05, 4.69) is 10.3 Å². The van der Waals surface area contributed by atoms with Crippen molar-refractivity contribution in [1.29, 1.82) is 0 Å². The Morgan fingerprint density at radius 3 is 2.48 bits per heavy atom. The largest absolute Gasteiger partial charge is 0.326 e. The highest BCUT2D eigenvalue weighted by molar-refractivity contribution is 8.00. The van der Waals surface area contributed by atoms with Gasteiger partial charge in [0, 0.05) is 21.5 Å². The maximum absolute atomic E-state index is 12.2. The Morgan fingerprint density at radius 1 is 1.13 bits per heavy atom. The van der Waals surface area contributed by atoms with Crippen LogP contribution in [0.2, 0.25) is 0 Å². The van der Waals surface area contributed by atoms with Crippen molar-refractivity contribution in [3.8, 4) is 0 Å². The molecule has 0 saturated heterocycles. The third kappa shape index (κ3) is 4.05. The molecule has 0 aliphatic heterocycles. The molecule has 1 aromatic carbocycles. The maximum Gasteiger partial charge on any atom is 0.261 e. The highest BCUT2D eigenvalue weighted by Crippen LogP contribution is 2.34. The monoisotopic (exact) mass is 328 g/mol. The number of hydrogen-bond donors (Lipinski definition) is 2. The summed E-state index contributed by atoms with van der Waals surface area (Å²) in [5.41, 5.74) is 1.20. The number of thioether (sulfide) groups is 1. The van der Waals surface area contributed by atoms with Gasteiger partial charge in [-0.25, -0.2) is 0 Å². The number of anilines is 1. The molecule has 120 valence electrons. The molecular weight excluding hydrogens is 308 g/mol. The SMILES string of the molecule is Cc1ccc(C(=O)Nc2ccc(SC3CCCC3)cc2)c(=O)[nH]1. The molecule has 2 N–H and O–H groups in total. The smallest absolute Gasteiger partial charge is 0.261 e. The summed E-state index contributed by atoms with van der Waals surface area (Å²) in [6, 6.07) is 11.1. The van der Waals surface area contributed by atoms with E-state index in [0.717, 1.165) is 10.9 Å². The first-order valence-electron chi connectivity index (χ1n) is 7.90. The summed E-state index contributed by atoms with van der Waals surface area (Å²) in [7, 11) is 0. The number of H-pyrrole nitrogens is 1. The minimum absolute atomic E-state index is 0.125. The number of aromatic amines is 1. The first-order chi connectivity index (χ1) is 11.1. The van der Waals surface area contributed by atoms with E-state index in [1.807, 2.05) is 36.0 Å². The number of carbonyl (C=O) groups excluding carboxylic acids is 1. The van der Waals surface area contributed by atoms with Gasteiger partial charge in [-0.3, -0.25) is 9.59 Å². The molecule has 3 rings (SSSR count). The first-order valence-corrected chi connectivity index (χ1v) is 8.78. The zero-order valence-electron chi connectivity index (χ0n) is 13.1. The van der Waals surface area contributed by atoms with Gasteiger partial charge < -0.3 is 10.3 Å². The lowest BCUT2D eigenvalue weighted by molar-refractivity contribution is 0.102. The van der Waals surface area contributed by atoms with Crippen molar-refractivity contribution in [2.45, 2.75) is 42.8 Å². The van der Waals surface area contributed by atoms with Gasteiger partial charge in [0.15, 0.2) is 0 Å². The van der Waals surface area contributed by atoms with Crippen molar-refractivity contribution < 1.29 is 4.79 Å². The Hall–Kier alpha value is -2.01. The average Bonchev–Trinajstić information content (AvgIpc) is 3.02. The summed E-state index contributed by atoms with van der Waals surface area (Å²) in [5, 5.41) is 3.49. The Kier molecular flexibility index (Phi) is 4.86. The van der Waals surface area contributed by atoms with Crippen LogP contribution in [0.25, 0.3) is 0 Å². The van der Waals surface area contributed by atoms with Gasteiger partial charge in [0.25, 0.3) is 11.5 Å². The van der Waals surface area contributed by atoms with Crippen molar-refractivity contribution >= 4 is 23.4 Å². The Bertz CT molecular complexity index is 746. The van der Waals surface area contributed by atoms with E-state index < -0.39 is 0 Å². The van der Waals surface area contributed by atoms with Crippen LogP contribution in [-0.2, 0) is 0 Å². The summed E-state index contributed by atoms with van der Waals surface area (Å²) in [4.78, 5) is 27.8. The van der Waals surface area contributed by atoms with Crippen LogP contribution in [0.15, 0.2) is 46.1 Å². The van der Waals surface area contributed by atoms with Crippen LogP contribution in [-0.4, -0.2) is 16.1 Å². The van der Waals surface area contributed by atoms with E-state index in [1.54, 1.807) is 19.1 Å². The number of aryl methyl sites for hydroxylation is 1. The van der Waals surface area contributed by atoms with E-state index in [1.165, 1.54) is 30.6 Å². The second-order valence-corrected chi connectivity index (χ2v) is 7.26. The van der Waals surface area contributed by atoms with Crippen molar-refractivity contribution in [3.05, 3.63) is 58.0 Å². The van der Waals surface area contributed by atoms with E-state index in [0.29, 0.717) is 5.69 Å². The highest BCUT2D eigenvalue weighted by Gasteiger charge is 2.16. The predicted octanol–water partition coefficient (Wildman–Crippen LogP) is 3.97. The van der Waals surface area contributed by atoms with Crippen LogP contribution in [0.5, 0.6) is 0 Å². The zero-order chi connectivity index (χ0) is 16.2. The van der Waals surface area contributed by atoms with Crippen molar-refractivity contribution in [2.24, 2.45) is 0 Å². The number of amides is 1. The lowest BCUT2D eigenvalue weighted by Crippen LogP contribution is -2.23. The third-order valence-electron chi connectivity index (χ3n) is 4.02. The van der Waals surface area contributed by atoms with E-state index in [4.69, 9.17) is 0 Å². The fourth-order valence-electron chi connectivity index (χ4n) is 2.76. The standard InChI is InChI=1S/C18H20N2O2S/c1-12-6-11-16(17(21)19-12)18(22)20-13-7-9-15(10-8-13)23-14-4-2-3-5-14/h6-11,14H,2-5H2,1H3,(H,19,21)(H,20,22). The van der Waals surface area contributed by atoms with Crippen LogP contribution < -0.4 is 10.9 Å². The van der Waals surface area contributed by atoms with E-state index >= 15 is 0 Å². The normalized spacial score (nSPS) is 14.8. The van der Waals surface area contributed by atoms with Crippen molar-refractivity contribution in [1.82, 2.24) is 4.98 Å². The molecule has 2 aromatic rings. The van der Waals surface area contributed by atoms with Crippen LogP contribution in [0.3, 0.4) is 0 Å². The Labute approximate surface area is 139 Å². The van der Waals surface area contributed by atoms with E-state index in [9.17, 15) is 9.59 Å². The minimum atomic E-state index is -0.387. The van der Waals surface area contributed by atoms with Gasteiger partial charge in [-0.2, -0.15) is 0 Å². The number of benzene rings is 1. The summed E-state index contributed by atoms with van der Waals surface area (Å²) in [6.07, 6.45) is 5.24. The summed E-state index contributed by atoms with van der Waals surface area (Å²) >= 11 is 1.91. The molecule has 0 unspecified atom stereocenters. The highest BCUT2D eigenvalue weighted by atomic mass is 32.2. The number of hydrogen-bond acceptors (Lipinski definition) is 3. The number of carbonyl (C=O) groups is 1. The molecule has 0 atom stereocenters. The van der Waals surface area contributed by atoms with E-state index in [-0.39, 0.29) is 17.0 Å². The van der Waals surface area contributed by atoms with Crippen molar-refractivity contribution in [3.63, 3.8) is 0 Å². The maximum atomic E-state index is 12.2. The van der Waals surface area contributed by atoms with Gasteiger partial charge in [-0.05, 0) is 56.2 Å². The van der Waals surface area contributed by atoms with Crippen molar-refractivity contribution in [2.75, 3.05) is 5.32 Å². The lowest BCUT2D eigenvalue weighted by Gasteiger charge is -2.10. The number of aromatic nitrogens is 1. The molecule has 0 radical (unpaired) electrons.